The number of aromatic nitrogens is 2. The van der Waals surface area contributed by atoms with E-state index in [2.05, 4.69) is 25.3 Å². The smallest absolute Gasteiger partial charge is 0.229 e. The Morgan fingerprint density at radius 3 is 2.58 bits per heavy atom. The van der Waals surface area contributed by atoms with Gasteiger partial charge in [0.05, 0.1) is 23.1 Å². The van der Waals surface area contributed by atoms with Gasteiger partial charge in [0.1, 0.15) is 0 Å². The van der Waals surface area contributed by atoms with E-state index in [9.17, 15) is 12.8 Å². The molecule has 0 atom stereocenters. The summed E-state index contributed by atoms with van der Waals surface area (Å²) in [6, 6.07) is 15.8. The van der Waals surface area contributed by atoms with Crippen LogP contribution in [0.15, 0.2) is 54.7 Å². The molecule has 0 amide bonds. The van der Waals surface area contributed by atoms with Crippen LogP contribution in [0.3, 0.4) is 0 Å². The van der Waals surface area contributed by atoms with Crippen LogP contribution in [0, 0.1) is 17.1 Å². The van der Waals surface area contributed by atoms with E-state index >= 15 is 0 Å². The molecule has 0 spiro atoms. The Morgan fingerprint density at radius 1 is 1.10 bits per heavy atom. The number of nitriles is 1. The SMILES string of the molecule is N#Cc1cccc(Nc2ncc(F)c(Nc3ccc(CNS(=O)(=O)C4CC4)cc3)n2)c1. The molecule has 8 nitrogen and oxygen atoms in total. The number of sulfonamides is 1. The largest absolute Gasteiger partial charge is 0.338 e. The molecule has 10 heteroatoms. The van der Waals surface area contributed by atoms with Crippen molar-refractivity contribution >= 4 is 33.2 Å². The van der Waals surface area contributed by atoms with Crippen molar-refractivity contribution in [2.45, 2.75) is 24.6 Å². The first kappa shape index (κ1) is 20.7. The minimum absolute atomic E-state index is 0.0175. The van der Waals surface area contributed by atoms with E-state index in [0.29, 0.717) is 29.8 Å². The monoisotopic (exact) mass is 438 g/mol. The molecule has 1 aliphatic carbocycles. The van der Waals surface area contributed by atoms with Crippen molar-refractivity contribution in [2.75, 3.05) is 10.6 Å². The van der Waals surface area contributed by atoms with Gasteiger partial charge < -0.3 is 10.6 Å². The third kappa shape index (κ3) is 5.33. The van der Waals surface area contributed by atoms with E-state index in [1.807, 2.05) is 6.07 Å². The van der Waals surface area contributed by atoms with Crippen LogP contribution in [0.5, 0.6) is 0 Å². The Labute approximate surface area is 179 Å². The molecule has 4 rings (SSSR count). The second-order valence-electron chi connectivity index (χ2n) is 7.10. The molecule has 0 radical (unpaired) electrons. The molecule has 0 aliphatic heterocycles. The highest BCUT2D eigenvalue weighted by molar-refractivity contribution is 7.90. The van der Waals surface area contributed by atoms with Gasteiger partial charge in [0.25, 0.3) is 0 Å². The molecule has 1 aliphatic rings. The summed E-state index contributed by atoms with van der Waals surface area (Å²) in [5.41, 5.74) is 2.46. The fourth-order valence-corrected chi connectivity index (χ4v) is 4.19. The Morgan fingerprint density at radius 2 is 1.87 bits per heavy atom. The predicted octanol–water partition coefficient (Wildman–Crippen LogP) is 3.56. The zero-order chi connectivity index (χ0) is 21.8. The van der Waals surface area contributed by atoms with Crippen LogP contribution in [0.25, 0.3) is 0 Å². The molecule has 1 heterocycles. The molecule has 0 bridgehead atoms. The second-order valence-corrected chi connectivity index (χ2v) is 9.14. The number of hydrogen-bond acceptors (Lipinski definition) is 7. The molecule has 1 aromatic heterocycles. The first-order valence-electron chi connectivity index (χ1n) is 9.57. The molecular formula is C21H19FN6O2S. The lowest BCUT2D eigenvalue weighted by molar-refractivity contribution is 0.580. The molecule has 31 heavy (non-hydrogen) atoms. The first-order chi connectivity index (χ1) is 14.9. The maximum absolute atomic E-state index is 14.2. The van der Waals surface area contributed by atoms with Crippen molar-refractivity contribution in [2.24, 2.45) is 0 Å². The number of nitrogens with zero attached hydrogens (tertiary/aromatic N) is 3. The topological polar surface area (TPSA) is 120 Å². The predicted molar refractivity (Wildman–Crippen MR) is 115 cm³/mol. The lowest BCUT2D eigenvalue weighted by atomic mass is 10.2. The van der Waals surface area contributed by atoms with Crippen LogP contribution >= 0.6 is 0 Å². The van der Waals surface area contributed by atoms with E-state index in [1.54, 1.807) is 48.5 Å². The van der Waals surface area contributed by atoms with Gasteiger partial charge in [0.15, 0.2) is 11.6 Å². The molecule has 158 valence electrons. The van der Waals surface area contributed by atoms with Gasteiger partial charge in [-0.2, -0.15) is 10.2 Å². The number of hydrogen-bond donors (Lipinski definition) is 3. The molecule has 3 N–H and O–H groups in total. The van der Waals surface area contributed by atoms with Gasteiger partial charge in [-0.15, -0.1) is 0 Å². The van der Waals surface area contributed by atoms with Crippen molar-refractivity contribution in [1.82, 2.24) is 14.7 Å². The minimum atomic E-state index is -3.24. The zero-order valence-corrected chi connectivity index (χ0v) is 17.2. The third-order valence-corrected chi connectivity index (χ3v) is 6.55. The summed E-state index contributed by atoms with van der Waals surface area (Å²) in [4.78, 5) is 8.08. The summed E-state index contributed by atoms with van der Waals surface area (Å²) < 4.78 is 40.6. The summed E-state index contributed by atoms with van der Waals surface area (Å²) in [5, 5.41) is 14.6. The highest BCUT2D eigenvalue weighted by Gasteiger charge is 2.35. The standard InChI is InChI=1S/C21H19FN6O2S/c22-19-13-24-21(27-17-3-1-2-15(10-17)11-23)28-20(19)26-16-6-4-14(5-7-16)12-25-31(29,30)18-8-9-18/h1-7,10,13,18,25H,8-9,12H2,(H2,24,26,27,28). The van der Waals surface area contributed by atoms with E-state index in [4.69, 9.17) is 5.26 Å². The zero-order valence-electron chi connectivity index (χ0n) is 16.3. The molecular weight excluding hydrogens is 419 g/mol. The van der Waals surface area contributed by atoms with Crippen LogP contribution in [-0.4, -0.2) is 23.6 Å². The Balaban J connectivity index is 1.42. The van der Waals surface area contributed by atoms with Crippen LogP contribution in [0.4, 0.5) is 27.5 Å². The summed E-state index contributed by atoms with van der Waals surface area (Å²) in [5.74, 6) is -0.473. The maximum atomic E-state index is 14.2. The fourth-order valence-electron chi connectivity index (χ4n) is 2.83. The van der Waals surface area contributed by atoms with Crippen molar-refractivity contribution < 1.29 is 12.8 Å². The van der Waals surface area contributed by atoms with Gasteiger partial charge in [-0.25, -0.2) is 22.5 Å². The summed E-state index contributed by atoms with van der Waals surface area (Å²) in [7, 11) is -3.24. The Kier molecular flexibility index (Phi) is 5.79. The summed E-state index contributed by atoms with van der Waals surface area (Å²) in [6.07, 6.45) is 2.47. The molecule has 0 unspecified atom stereocenters. The van der Waals surface area contributed by atoms with Crippen molar-refractivity contribution in [3.63, 3.8) is 0 Å². The Hall–Kier alpha value is -3.55. The van der Waals surface area contributed by atoms with Gasteiger partial charge in [-0.05, 0) is 48.7 Å². The lowest BCUT2D eigenvalue weighted by Gasteiger charge is -2.10. The summed E-state index contributed by atoms with van der Waals surface area (Å²) in [6.45, 7) is 0.205. The van der Waals surface area contributed by atoms with E-state index < -0.39 is 15.8 Å². The van der Waals surface area contributed by atoms with Crippen LogP contribution in [0.1, 0.15) is 24.0 Å². The van der Waals surface area contributed by atoms with E-state index in [1.165, 1.54) is 0 Å². The van der Waals surface area contributed by atoms with Gasteiger partial charge in [0, 0.05) is 17.9 Å². The second kappa shape index (κ2) is 8.67. The minimum Gasteiger partial charge on any atom is -0.338 e. The van der Waals surface area contributed by atoms with Gasteiger partial charge in [0.2, 0.25) is 16.0 Å². The first-order valence-corrected chi connectivity index (χ1v) is 11.1. The van der Waals surface area contributed by atoms with Crippen molar-refractivity contribution in [3.8, 4) is 6.07 Å². The van der Waals surface area contributed by atoms with Crippen LogP contribution in [0.2, 0.25) is 0 Å². The van der Waals surface area contributed by atoms with Crippen LogP contribution in [-0.2, 0) is 16.6 Å². The number of nitrogens with one attached hydrogen (secondary N) is 3. The number of rotatable bonds is 8. The molecule has 2 aromatic carbocycles. The molecule has 3 aromatic rings. The lowest BCUT2D eigenvalue weighted by Crippen LogP contribution is -2.26. The molecule has 1 saturated carbocycles. The normalized spacial score (nSPS) is 13.4. The fraction of sp³-hybridized carbons (Fsp3) is 0.190. The number of anilines is 4. The quantitative estimate of drug-likeness (QED) is 0.492. The van der Waals surface area contributed by atoms with E-state index in [0.717, 1.165) is 11.8 Å². The Bertz CT molecular complexity index is 1240. The maximum Gasteiger partial charge on any atom is 0.229 e. The highest BCUT2D eigenvalue weighted by Crippen LogP contribution is 2.27. The van der Waals surface area contributed by atoms with Gasteiger partial charge >= 0.3 is 0 Å². The van der Waals surface area contributed by atoms with Crippen molar-refractivity contribution in [1.29, 1.82) is 5.26 Å². The van der Waals surface area contributed by atoms with Crippen LogP contribution < -0.4 is 15.4 Å². The van der Waals surface area contributed by atoms with Crippen molar-refractivity contribution in [3.05, 3.63) is 71.7 Å². The average Bonchev–Trinajstić information content (AvgIpc) is 3.62. The van der Waals surface area contributed by atoms with Gasteiger partial charge in [-0.3, -0.25) is 0 Å². The number of benzene rings is 2. The molecule has 1 fully saturated rings. The number of halogens is 1. The highest BCUT2D eigenvalue weighted by atomic mass is 32.2. The van der Waals surface area contributed by atoms with Gasteiger partial charge in [-0.1, -0.05) is 18.2 Å². The summed E-state index contributed by atoms with van der Waals surface area (Å²) >= 11 is 0. The third-order valence-electron chi connectivity index (χ3n) is 4.65. The molecule has 0 saturated heterocycles. The van der Waals surface area contributed by atoms with E-state index in [-0.39, 0.29) is 23.6 Å². The average molecular weight is 438 g/mol.